The molecule has 26 heavy (non-hydrogen) atoms. The molecule has 0 aliphatic carbocycles. The maximum atomic E-state index is 10.9. The van der Waals surface area contributed by atoms with Gasteiger partial charge in [0, 0.05) is 31.9 Å². The maximum absolute atomic E-state index is 10.9. The van der Waals surface area contributed by atoms with Gasteiger partial charge < -0.3 is 10.2 Å². The van der Waals surface area contributed by atoms with Crippen molar-refractivity contribution in [2.75, 3.05) is 0 Å². The van der Waals surface area contributed by atoms with Crippen LogP contribution in [0.15, 0.2) is 48.5 Å². The number of hydrogen-bond donors (Lipinski definition) is 2. The van der Waals surface area contributed by atoms with Gasteiger partial charge in [0.25, 0.3) is 0 Å². The average Bonchev–Trinajstić information content (AvgIpc) is 2.61. The number of benzene rings is 4. The fourth-order valence-electron chi connectivity index (χ4n) is 3.52. The highest BCUT2D eigenvalue weighted by atomic mass is 35.5. The zero-order valence-corrected chi connectivity index (χ0v) is 15.8. The molecule has 4 aromatic carbocycles. The largest absolute Gasteiger partial charge is 0.507 e. The lowest BCUT2D eigenvalue weighted by Crippen LogP contribution is -1.89. The Bertz CT molecular complexity index is 1100. The fraction of sp³-hybridized carbons (Fsp3) is 0.0909. The monoisotopic (exact) mass is 382 g/mol. The van der Waals surface area contributed by atoms with Crippen molar-refractivity contribution < 1.29 is 10.2 Å². The molecule has 0 radical (unpaired) electrons. The lowest BCUT2D eigenvalue weighted by molar-refractivity contribution is 0.475. The molecule has 130 valence electrons. The summed E-state index contributed by atoms with van der Waals surface area (Å²) in [4.78, 5) is 0. The van der Waals surface area contributed by atoms with Crippen LogP contribution in [0, 0.1) is 13.8 Å². The van der Waals surface area contributed by atoms with E-state index in [-0.39, 0.29) is 11.5 Å². The van der Waals surface area contributed by atoms with Crippen LogP contribution in [-0.2, 0) is 0 Å². The van der Waals surface area contributed by atoms with Crippen molar-refractivity contribution in [2.45, 2.75) is 13.8 Å². The van der Waals surface area contributed by atoms with Gasteiger partial charge in [0.15, 0.2) is 0 Å². The van der Waals surface area contributed by atoms with Crippen LogP contribution in [0.5, 0.6) is 11.5 Å². The molecule has 4 aromatic rings. The number of phenolic OH excluding ortho intramolecular Hbond substituents is 2. The van der Waals surface area contributed by atoms with E-state index in [0.29, 0.717) is 31.9 Å². The highest BCUT2D eigenvalue weighted by molar-refractivity contribution is 6.32. The van der Waals surface area contributed by atoms with E-state index in [1.165, 1.54) is 0 Å². The van der Waals surface area contributed by atoms with Gasteiger partial charge in [-0.1, -0.05) is 23.2 Å². The summed E-state index contributed by atoms with van der Waals surface area (Å²) in [6.07, 6.45) is 0. The van der Waals surface area contributed by atoms with Crippen molar-refractivity contribution in [1.82, 2.24) is 0 Å². The van der Waals surface area contributed by atoms with Crippen molar-refractivity contribution in [3.63, 3.8) is 0 Å². The van der Waals surface area contributed by atoms with Gasteiger partial charge in [-0.15, -0.1) is 0 Å². The van der Waals surface area contributed by atoms with E-state index >= 15 is 0 Å². The molecule has 2 nitrogen and oxygen atoms in total. The number of aromatic hydroxyl groups is 2. The average molecular weight is 383 g/mol. The number of hydrogen-bond acceptors (Lipinski definition) is 2. The van der Waals surface area contributed by atoms with Gasteiger partial charge >= 0.3 is 0 Å². The van der Waals surface area contributed by atoms with Crippen LogP contribution >= 0.6 is 23.2 Å². The molecule has 4 rings (SSSR count). The first-order chi connectivity index (χ1) is 12.4. The molecule has 0 unspecified atom stereocenters. The van der Waals surface area contributed by atoms with Crippen LogP contribution in [0.1, 0.15) is 11.1 Å². The summed E-state index contributed by atoms with van der Waals surface area (Å²) in [7, 11) is 0. The van der Waals surface area contributed by atoms with Gasteiger partial charge in [-0.3, -0.25) is 0 Å². The summed E-state index contributed by atoms with van der Waals surface area (Å²) in [5, 5.41) is 26.2. The molecule has 2 N–H and O–H groups in total. The Morgan fingerprint density at radius 2 is 0.962 bits per heavy atom. The Kier molecular flexibility index (Phi) is 3.98. The first-order valence-corrected chi connectivity index (χ1v) is 8.96. The van der Waals surface area contributed by atoms with E-state index < -0.39 is 0 Å². The summed E-state index contributed by atoms with van der Waals surface area (Å²) < 4.78 is 0. The van der Waals surface area contributed by atoms with E-state index in [2.05, 4.69) is 0 Å². The van der Waals surface area contributed by atoms with Crippen LogP contribution in [0.4, 0.5) is 0 Å². The Morgan fingerprint density at radius 1 is 0.577 bits per heavy atom. The molecule has 0 aromatic heterocycles. The third kappa shape index (κ3) is 2.57. The highest BCUT2D eigenvalue weighted by Crippen LogP contribution is 2.45. The number of phenols is 2. The minimum absolute atomic E-state index is 0.130. The van der Waals surface area contributed by atoms with Gasteiger partial charge in [0.05, 0.1) is 0 Å². The predicted molar refractivity (Wildman–Crippen MR) is 110 cm³/mol. The second-order valence-electron chi connectivity index (χ2n) is 6.56. The lowest BCUT2D eigenvalue weighted by Gasteiger charge is -2.15. The van der Waals surface area contributed by atoms with E-state index in [9.17, 15) is 10.2 Å². The minimum atomic E-state index is 0.130. The minimum Gasteiger partial charge on any atom is -0.507 e. The van der Waals surface area contributed by atoms with Crippen molar-refractivity contribution >= 4 is 44.7 Å². The van der Waals surface area contributed by atoms with Gasteiger partial charge in [-0.05, 0) is 84.3 Å². The Balaban J connectivity index is 2.07. The summed E-state index contributed by atoms with van der Waals surface area (Å²) >= 11 is 12.2. The van der Waals surface area contributed by atoms with Crippen molar-refractivity contribution in [3.05, 3.63) is 69.7 Å². The summed E-state index contributed by atoms with van der Waals surface area (Å²) in [6, 6.07) is 14.5. The molecular weight excluding hydrogens is 367 g/mol. The molecule has 0 atom stereocenters. The van der Waals surface area contributed by atoms with Crippen LogP contribution in [-0.4, -0.2) is 10.2 Å². The first kappa shape index (κ1) is 17.0. The maximum Gasteiger partial charge on any atom is 0.131 e. The molecule has 0 saturated heterocycles. The second-order valence-corrected chi connectivity index (χ2v) is 7.43. The highest BCUT2D eigenvalue weighted by Gasteiger charge is 2.17. The zero-order chi connectivity index (χ0) is 18.6. The normalized spacial score (nSPS) is 11.4. The quantitative estimate of drug-likeness (QED) is 0.372. The smallest absolute Gasteiger partial charge is 0.131 e. The van der Waals surface area contributed by atoms with E-state index in [0.717, 1.165) is 21.9 Å². The predicted octanol–water partition coefficient (Wildman–Crippen LogP) is 6.99. The topological polar surface area (TPSA) is 40.5 Å². The molecule has 0 bridgehead atoms. The third-order valence-corrected chi connectivity index (χ3v) is 5.32. The first-order valence-electron chi connectivity index (χ1n) is 8.21. The third-order valence-electron chi connectivity index (χ3n) is 4.85. The molecule has 4 heteroatoms. The molecule has 0 aliphatic rings. The summed E-state index contributed by atoms with van der Waals surface area (Å²) in [5.74, 6) is 0.260. The molecule has 0 amide bonds. The van der Waals surface area contributed by atoms with Gasteiger partial charge in [0.1, 0.15) is 11.5 Å². The van der Waals surface area contributed by atoms with E-state index in [1.54, 1.807) is 24.3 Å². The summed E-state index contributed by atoms with van der Waals surface area (Å²) in [5.41, 5.74) is 3.14. The van der Waals surface area contributed by atoms with Crippen molar-refractivity contribution in [2.24, 2.45) is 0 Å². The standard InChI is InChI=1S/C22H16Cl2O2/c1-11-7-19(21(25)15-5-3-13(23)9-17(11)15)20-8-12(2)18-10-14(24)4-6-16(18)22(20)26/h3-10,25-26H,1-2H3. The Labute approximate surface area is 161 Å². The zero-order valence-electron chi connectivity index (χ0n) is 14.3. The number of aryl methyl sites for hydroxylation is 2. The Morgan fingerprint density at radius 3 is 1.35 bits per heavy atom. The fourth-order valence-corrected chi connectivity index (χ4v) is 3.87. The van der Waals surface area contributed by atoms with E-state index in [1.807, 2.05) is 38.1 Å². The van der Waals surface area contributed by atoms with Crippen LogP contribution in [0.3, 0.4) is 0 Å². The second kappa shape index (κ2) is 6.08. The van der Waals surface area contributed by atoms with Crippen LogP contribution in [0.25, 0.3) is 32.7 Å². The van der Waals surface area contributed by atoms with Crippen LogP contribution < -0.4 is 0 Å². The van der Waals surface area contributed by atoms with Gasteiger partial charge in [0.2, 0.25) is 0 Å². The Hall–Kier alpha value is -2.42. The molecule has 0 aliphatic heterocycles. The SMILES string of the molecule is Cc1cc(-c2cc(C)c3cc(Cl)ccc3c2O)c(O)c2ccc(Cl)cc12. The van der Waals surface area contributed by atoms with Crippen molar-refractivity contribution in [3.8, 4) is 22.6 Å². The summed E-state index contributed by atoms with van der Waals surface area (Å²) in [6.45, 7) is 3.93. The lowest BCUT2D eigenvalue weighted by atomic mass is 9.92. The van der Waals surface area contributed by atoms with Crippen molar-refractivity contribution in [1.29, 1.82) is 0 Å². The van der Waals surface area contributed by atoms with E-state index in [4.69, 9.17) is 23.2 Å². The molecule has 0 saturated carbocycles. The van der Waals surface area contributed by atoms with Crippen LogP contribution in [0.2, 0.25) is 10.0 Å². The molecule has 0 spiro atoms. The molecular formula is C22H16Cl2O2. The number of halogens is 2. The molecule has 0 fully saturated rings. The van der Waals surface area contributed by atoms with Gasteiger partial charge in [-0.25, -0.2) is 0 Å². The number of rotatable bonds is 1. The number of fused-ring (bicyclic) bond motifs is 2. The molecule has 0 heterocycles. The van der Waals surface area contributed by atoms with Gasteiger partial charge in [-0.2, -0.15) is 0 Å².